The largest absolute Gasteiger partial charge is 0.496 e. The Balaban J connectivity index is 2.06. The molecule has 0 fully saturated rings. The summed E-state index contributed by atoms with van der Waals surface area (Å²) in [6.45, 7) is 4.05. The van der Waals surface area contributed by atoms with Gasteiger partial charge in [-0.15, -0.1) is 0 Å². The summed E-state index contributed by atoms with van der Waals surface area (Å²) in [5, 5.41) is 3.67. The van der Waals surface area contributed by atoms with Crippen LogP contribution in [-0.2, 0) is 4.79 Å². The lowest BCUT2D eigenvalue weighted by molar-refractivity contribution is -0.121. The number of ether oxygens (including phenoxy) is 1. The number of carbonyl (C=O) groups is 1. The number of imidazole rings is 1. The molecule has 6 heteroatoms. The average molecular weight is 386 g/mol. The van der Waals surface area contributed by atoms with Crippen LogP contribution in [0.4, 0.5) is 0 Å². The zero-order chi connectivity index (χ0) is 19.4. The van der Waals surface area contributed by atoms with Crippen LogP contribution in [-0.4, -0.2) is 28.4 Å². The van der Waals surface area contributed by atoms with Gasteiger partial charge in [0, 0.05) is 36.3 Å². The number of aromatic nitrogens is 2. The van der Waals surface area contributed by atoms with Gasteiger partial charge in [0.05, 0.1) is 17.8 Å². The summed E-state index contributed by atoms with van der Waals surface area (Å²) in [5.41, 5.74) is 2.63. The van der Waals surface area contributed by atoms with Crippen LogP contribution in [0.1, 0.15) is 43.9 Å². The fourth-order valence-electron chi connectivity index (χ4n) is 3.18. The number of pyridine rings is 1. The Morgan fingerprint density at radius 3 is 2.81 bits per heavy atom. The quantitative estimate of drug-likeness (QED) is 0.654. The highest BCUT2D eigenvalue weighted by Gasteiger charge is 2.25. The smallest absolute Gasteiger partial charge is 0.221 e. The monoisotopic (exact) mass is 385 g/mol. The number of rotatable bonds is 7. The molecule has 0 radical (unpaired) electrons. The van der Waals surface area contributed by atoms with E-state index >= 15 is 0 Å². The van der Waals surface area contributed by atoms with Gasteiger partial charge < -0.3 is 14.5 Å². The van der Waals surface area contributed by atoms with E-state index in [0.29, 0.717) is 11.4 Å². The van der Waals surface area contributed by atoms with E-state index in [9.17, 15) is 4.79 Å². The molecule has 0 unspecified atom stereocenters. The molecule has 3 rings (SSSR count). The molecule has 0 aliphatic heterocycles. The van der Waals surface area contributed by atoms with Crippen LogP contribution in [0.25, 0.3) is 5.65 Å². The number of amides is 1. The Morgan fingerprint density at radius 2 is 2.07 bits per heavy atom. The van der Waals surface area contributed by atoms with Crippen molar-refractivity contribution in [3.05, 3.63) is 65.1 Å². The minimum absolute atomic E-state index is 0.00256. The van der Waals surface area contributed by atoms with Crippen LogP contribution in [0.2, 0.25) is 5.02 Å². The minimum Gasteiger partial charge on any atom is -0.496 e. The lowest BCUT2D eigenvalue weighted by atomic mass is 9.91. The van der Waals surface area contributed by atoms with E-state index in [1.54, 1.807) is 19.4 Å². The Morgan fingerprint density at radius 1 is 1.30 bits per heavy atom. The van der Waals surface area contributed by atoms with Gasteiger partial charge >= 0.3 is 0 Å². The predicted octanol–water partition coefficient (Wildman–Crippen LogP) is 4.43. The molecule has 0 spiro atoms. The SMILES string of the molecule is CC[C@H](C)NC(=O)C[C@H](c1ccccc1OC)c1cnc2ccc(Cl)cn12. The second kappa shape index (κ2) is 8.44. The third kappa shape index (κ3) is 4.25. The number of methoxy groups -OCH3 is 1. The summed E-state index contributed by atoms with van der Waals surface area (Å²) < 4.78 is 7.50. The predicted molar refractivity (Wildman–Crippen MR) is 108 cm³/mol. The summed E-state index contributed by atoms with van der Waals surface area (Å²) in [7, 11) is 1.64. The molecule has 142 valence electrons. The third-order valence-electron chi connectivity index (χ3n) is 4.78. The van der Waals surface area contributed by atoms with Crippen LogP contribution >= 0.6 is 11.6 Å². The van der Waals surface area contributed by atoms with Crippen molar-refractivity contribution in [1.82, 2.24) is 14.7 Å². The number of halogens is 1. The van der Waals surface area contributed by atoms with Gasteiger partial charge in [0.2, 0.25) is 5.91 Å². The maximum absolute atomic E-state index is 12.7. The highest BCUT2D eigenvalue weighted by Crippen LogP contribution is 2.35. The fraction of sp³-hybridized carbons (Fsp3) is 0.333. The maximum atomic E-state index is 12.7. The van der Waals surface area contributed by atoms with Crippen LogP contribution in [0.3, 0.4) is 0 Å². The van der Waals surface area contributed by atoms with Gasteiger partial charge in [-0.3, -0.25) is 4.79 Å². The van der Waals surface area contributed by atoms with Crippen molar-refractivity contribution >= 4 is 23.2 Å². The van der Waals surface area contributed by atoms with Crippen molar-refractivity contribution in [3.8, 4) is 5.75 Å². The molecule has 1 amide bonds. The molecule has 0 aliphatic rings. The molecule has 0 bridgehead atoms. The molecular formula is C21H24ClN3O2. The van der Waals surface area contributed by atoms with Gasteiger partial charge in [-0.05, 0) is 31.5 Å². The Kier molecular flexibility index (Phi) is 6.01. The van der Waals surface area contributed by atoms with Crippen molar-refractivity contribution in [2.24, 2.45) is 0 Å². The van der Waals surface area contributed by atoms with Gasteiger partial charge in [0.15, 0.2) is 0 Å². The molecule has 1 aromatic carbocycles. The average Bonchev–Trinajstić information content (AvgIpc) is 3.08. The van der Waals surface area contributed by atoms with Gasteiger partial charge in [-0.1, -0.05) is 36.7 Å². The van der Waals surface area contributed by atoms with Crippen molar-refractivity contribution in [2.75, 3.05) is 7.11 Å². The molecule has 0 aliphatic carbocycles. The van der Waals surface area contributed by atoms with Crippen LogP contribution < -0.4 is 10.1 Å². The van der Waals surface area contributed by atoms with Gasteiger partial charge in [-0.25, -0.2) is 4.98 Å². The van der Waals surface area contributed by atoms with E-state index in [4.69, 9.17) is 16.3 Å². The molecule has 0 saturated carbocycles. The van der Waals surface area contributed by atoms with Crippen LogP contribution in [0.15, 0.2) is 48.8 Å². The van der Waals surface area contributed by atoms with Crippen molar-refractivity contribution < 1.29 is 9.53 Å². The third-order valence-corrected chi connectivity index (χ3v) is 5.00. The molecule has 2 heterocycles. The molecule has 5 nitrogen and oxygen atoms in total. The molecular weight excluding hydrogens is 362 g/mol. The Hall–Kier alpha value is -2.53. The highest BCUT2D eigenvalue weighted by atomic mass is 35.5. The molecule has 2 atom stereocenters. The standard InChI is InChI=1S/C21H24ClN3O2/c1-4-14(2)24-21(26)11-17(16-7-5-6-8-19(16)27-3)18-12-23-20-10-9-15(22)13-25(18)20/h5-10,12-14,17H,4,11H2,1-3H3,(H,24,26)/t14-,17+/m0/s1. The number of nitrogens with zero attached hydrogens (tertiary/aromatic N) is 2. The van der Waals surface area contributed by atoms with Gasteiger partial charge in [0.1, 0.15) is 11.4 Å². The van der Waals surface area contributed by atoms with Crippen LogP contribution in [0.5, 0.6) is 5.75 Å². The summed E-state index contributed by atoms with van der Waals surface area (Å²) >= 11 is 6.20. The summed E-state index contributed by atoms with van der Waals surface area (Å²) in [6, 6.07) is 11.6. The zero-order valence-corrected chi connectivity index (χ0v) is 16.5. The number of carbonyl (C=O) groups excluding carboxylic acids is 1. The van der Waals surface area contributed by atoms with E-state index in [1.807, 2.05) is 47.9 Å². The lowest BCUT2D eigenvalue weighted by Gasteiger charge is -2.21. The zero-order valence-electron chi connectivity index (χ0n) is 15.8. The van der Waals surface area contributed by atoms with Crippen LogP contribution in [0, 0.1) is 0 Å². The maximum Gasteiger partial charge on any atom is 0.221 e. The first-order valence-corrected chi connectivity index (χ1v) is 9.46. The van der Waals surface area contributed by atoms with E-state index in [2.05, 4.69) is 17.2 Å². The number of para-hydroxylation sites is 1. The molecule has 27 heavy (non-hydrogen) atoms. The second-order valence-corrected chi connectivity index (χ2v) is 7.07. The number of hydrogen-bond donors (Lipinski definition) is 1. The topological polar surface area (TPSA) is 55.6 Å². The number of benzene rings is 1. The molecule has 2 aromatic heterocycles. The normalized spacial score (nSPS) is 13.3. The first-order valence-electron chi connectivity index (χ1n) is 9.08. The summed E-state index contributed by atoms with van der Waals surface area (Å²) in [5.74, 6) is 0.534. The van der Waals surface area contributed by atoms with E-state index in [0.717, 1.165) is 29.1 Å². The van der Waals surface area contributed by atoms with Gasteiger partial charge in [-0.2, -0.15) is 0 Å². The fourth-order valence-corrected chi connectivity index (χ4v) is 3.34. The second-order valence-electron chi connectivity index (χ2n) is 6.63. The molecule has 3 aromatic rings. The first kappa shape index (κ1) is 19.2. The van der Waals surface area contributed by atoms with Gasteiger partial charge in [0.25, 0.3) is 0 Å². The van der Waals surface area contributed by atoms with E-state index in [-0.39, 0.29) is 17.9 Å². The lowest BCUT2D eigenvalue weighted by Crippen LogP contribution is -2.33. The molecule has 1 N–H and O–H groups in total. The Bertz CT molecular complexity index is 938. The summed E-state index contributed by atoms with van der Waals surface area (Å²) in [4.78, 5) is 17.2. The van der Waals surface area contributed by atoms with Crippen molar-refractivity contribution in [2.45, 2.75) is 38.6 Å². The number of nitrogens with one attached hydrogen (secondary N) is 1. The van der Waals surface area contributed by atoms with E-state index < -0.39 is 0 Å². The number of hydrogen-bond acceptors (Lipinski definition) is 3. The minimum atomic E-state index is -0.210. The first-order chi connectivity index (χ1) is 13.0. The van der Waals surface area contributed by atoms with Crippen molar-refractivity contribution in [1.29, 1.82) is 0 Å². The Labute approximate surface area is 164 Å². The number of fused-ring (bicyclic) bond motifs is 1. The van der Waals surface area contributed by atoms with E-state index in [1.165, 1.54) is 0 Å². The van der Waals surface area contributed by atoms with Crippen molar-refractivity contribution in [3.63, 3.8) is 0 Å². The summed E-state index contributed by atoms with van der Waals surface area (Å²) in [6.07, 6.45) is 4.81. The molecule has 0 saturated heterocycles. The highest BCUT2D eigenvalue weighted by molar-refractivity contribution is 6.30.